The minimum atomic E-state index is -0.686. The SMILES string of the molecule is C=C(C)C(=O)OC(COc1c2ccccc2c(OCC(OC(=O)C(=C)C)c2ccccc2)c2cc(Cl)ccc12)c1ccccc1. The molecule has 0 aliphatic rings. The van der Waals surface area contributed by atoms with Gasteiger partial charge in [0.05, 0.1) is 0 Å². The van der Waals surface area contributed by atoms with Gasteiger partial charge >= 0.3 is 11.9 Å². The average molecular weight is 621 g/mol. The second-order valence-electron chi connectivity index (χ2n) is 10.7. The van der Waals surface area contributed by atoms with E-state index < -0.39 is 24.1 Å². The highest BCUT2D eigenvalue weighted by atomic mass is 35.5. The van der Waals surface area contributed by atoms with Crippen molar-refractivity contribution in [2.75, 3.05) is 13.2 Å². The minimum Gasteiger partial charge on any atom is -0.488 e. The summed E-state index contributed by atoms with van der Waals surface area (Å²) in [5.74, 6) is 0.147. The highest BCUT2D eigenvalue weighted by Crippen LogP contribution is 2.44. The largest absolute Gasteiger partial charge is 0.488 e. The van der Waals surface area contributed by atoms with Gasteiger partial charge in [-0.05, 0) is 43.2 Å². The van der Waals surface area contributed by atoms with Crippen LogP contribution in [0.3, 0.4) is 0 Å². The maximum Gasteiger partial charge on any atom is 0.333 e. The molecule has 0 saturated heterocycles. The van der Waals surface area contributed by atoms with E-state index in [1.807, 2.05) is 97.1 Å². The van der Waals surface area contributed by atoms with Gasteiger partial charge in [-0.1, -0.05) is 110 Å². The Labute approximate surface area is 267 Å². The molecule has 2 atom stereocenters. The number of fused-ring (bicyclic) bond motifs is 2. The molecule has 0 amide bonds. The Kier molecular flexibility index (Phi) is 9.86. The smallest absolute Gasteiger partial charge is 0.333 e. The van der Waals surface area contributed by atoms with Crippen LogP contribution in [-0.2, 0) is 19.1 Å². The van der Waals surface area contributed by atoms with Gasteiger partial charge in [0.15, 0.2) is 12.2 Å². The zero-order valence-electron chi connectivity index (χ0n) is 25.1. The minimum absolute atomic E-state index is 0.0434. The lowest BCUT2D eigenvalue weighted by Crippen LogP contribution is -2.19. The van der Waals surface area contributed by atoms with Crippen LogP contribution >= 0.6 is 11.6 Å². The molecule has 0 spiro atoms. The Balaban J connectivity index is 1.55. The summed E-state index contributed by atoms with van der Waals surface area (Å²) in [7, 11) is 0. The molecule has 2 unspecified atom stereocenters. The van der Waals surface area contributed by atoms with Crippen LogP contribution in [0.25, 0.3) is 21.5 Å². The van der Waals surface area contributed by atoms with Crippen molar-refractivity contribution < 1.29 is 28.5 Å². The zero-order valence-corrected chi connectivity index (χ0v) is 25.9. The van der Waals surface area contributed by atoms with Crippen molar-refractivity contribution in [3.63, 3.8) is 0 Å². The molecule has 0 saturated carbocycles. The molecule has 6 nitrogen and oxygen atoms in total. The Bertz CT molecular complexity index is 1870. The molecule has 5 aromatic carbocycles. The predicted molar refractivity (Wildman–Crippen MR) is 178 cm³/mol. The maximum absolute atomic E-state index is 12.5. The number of esters is 2. The van der Waals surface area contributed by atoms with E-state index in [0.717, 1.165) is 27.3 Å². The van der Waals surface area contributed by atoms with Crippen LogP contribution in [0.2, 0.25) is 5.02 Å². The maximum atomic E-state index is 12.5. The fraction of sp³-hybridized carbons (Fsp3) is 0.158. The molecule has 0 aliphatic heterocycles. The highest BCUT2D eigenvalue weighted by molar-refractivity contribution is 6.31. The summed E-state index contributed by atoms with van der Waals surface area (Å²) < 4.78 is 24.6. The van der Waals surface area contributed by atoms with E-state index in [9.17, 15) is 9.59 Å². The Morgan fingerprint density at radius 2 is 1.00 bits per heavy atom. The molecule has 5 rings (SSSR count). The van der Waals surface area contributed by atoms with Crippen LogP contribution in [0.15, 0.2) is 127 Å². The summed E-state index contributed by atoms with van der Waals surface area (Å²) in [6, 6.07) is 32.0. The summed E-state index contributed by atoms with van der Waals surface area (Å²) in [5.41, 5.74) is 2.17. The van der Waals surface area contributed by atoms with Crippen molar-refractivity contribution in [2.24, 2.45) is 0 Å². The Morgan fingerprint density at radius 3 is 1.44 bits per heavy atom. The molecule has 5 aromatic rings. The Hall–Kier alpha value is -5.07. The summed E-state index contributed by atoms with van der Waals surface area (Å²) in [6.07, 6.45) is -1.36. The normalized spacial score (nSPS) is 12.2. The van der Waals surface area contributed by atoms with Crippen LogP contribution in [-0.4, -0.2) is 25.2 Å². The number of hydrogen-bond acceptors (Lipinski definition) is 6. The monoisotopic (exact) mass is 620 g/mol. The van der Waals surface area contributed by atoms with Gasteiger partial charge in [-0.3, -0.25) is 0 Å². The summed E-state index contributed by atoms with van der Waals surface area (Å²) >= 11 is 6.51. The lowest BCUT2D eigenvalue weighted by atomic mass is 10.00. The summed E-state index contributed by atoms with van der Waals surface area (Å²) in [5, 5.41) is 3.54. The van der Waals surface area contributed by atoms with Crippen LogP contribution in [0.4, 0.5) is 0 Å². The summed E-state index contributed by atoms with van der Waals surface area (Å²) in [4.78, 5) is 25.1. The molecule has 0 N–H and O–H groups in total. The second kappa shape index (κ2) is 14.1. The van der Waals surface area contributed by atoms with E-state index in [0.29, 0.717) is 33.1 Å². The van der Waals surface area contributed by atoms with E-state index in [2.05, 4.69) is 13.2 Å². The van der Waals surface area contributed by atoms with E-state index in [4.69, 9.17) is 30.5 Å². The van der Waals surface area contributed by atoms with Gasteiger partial charge in [0.25, 0.3) is 0 Å². The van der Waals surface area contributed by atoms with Gasteiger partial charge < -0.3 is 18.9 Å². The molecule has 228 valence electrons. The van der Waals surface area contributed by atoms with Crippen LogP contribution in [0.5, 0.6) is 11.5 Å². The lowest BCUT2D eigenvalue weighted by Gasteiger charge is -2.23. The van der Waals surface area contributed by atoms with Gasteiger partial charge in [0.2, 0.25) is 0 Å². The van der Waals surface area contributed by atoms with E-state index in [1.165, 1.54) is 0 Å². The number of hydrogen-bond donors (Lipinski definition) is 0. The van der Waals surface area contributed by atoms with Crippen molar-refractivity contribution >= 4 is 45.1 Å². The number of benzene rings is 5. The molecular weight excluding hydrogens is 588 g/mol. The number of rotatable bonds is 12. The molecule has 7 heteroatoms. The third kappa shape index (κ3) is 7.36. The number of carbonyl (C=O) groups is 2. The molecule has 0 bridgehead atoms. The van der Waals surface area contributed by atoms with Gasteiger partial charge in [-0.25, -0.2) is 9.59 Å². The van der Waals surface area contributed by atoms with Gasteiger partial charge in [-0.2, -0.15) is 0 Å². The Morgan fingerprint density at radius 1 is 0.600 bits per heavy atom. The molecule has 0 fully saturated rings. The molecule has 45 heavy (non-hydrogen) atoms. The van der Waals surface area contributed by atoms with Crippen molar-refractivity contribution in [1.29, 1.82) is 0 Å². The summed E-state index contributed by atoms with van der Waals surface area (Å²) in [6.45, 7) is 10.7. The third-order valence-electron chi connectivity index (χ3n) is 7.18. The van der Waals surface area contributed by atoms with Crippen molar-refractivity contribution in [2.45, 2.75) is 26.1 Å². The molecular formula is C38H33ClO6. The first-order valence-electron chi connectivity index (χ1n) is 14.5. The second-order valence-corrected chi connectivity index (χ2v) is 11.1. The molecule has 0 aliphatic carbocycles. The molecule has 0 radical (unpaired) electrons. The number of ether oxygens (including phenoxy) is 4. The van der Waals surface area contributed by atoms with Crippen LogP contribution in [0.1, 0.15) is 37.2 Å². The number of carbonyl (C=O) groups excluding carboxylic acids is 2. The lowest BCUT2D eigenvalue weighted by molar-refractivity contribution is -0.147. The standard InChI is InChI=1S/C38H33ClO6/c1-24(2)37(40)44-33(26-13-7-5-8-14-26)22-42-35-29-17-11-12-18-30(29)36(32-21-28(39)19-20-31(32)35)43-23-34(45-38(41)25(3)4)27-15-9-6-10-16-27/h5-21,33-34H,1,3,22-23H2,2,4H3. The van der Waals surface area contributed by atoms with Gasteiger partial charge in [-0.15, -0.1) is 0 Å². The fourth-order valence-corrected chi connectivity index (χ4v) is 5.06. The first kappa shape index (κ1) is 31.4. The highest BCUT2D eigenvalue weighted by Gasteiger charge is 2.24. The van der Waals surface area contributed by atoms with E-state index in [1.54, 1.807) is 19.9 Å². The topological polar surface area (TPSA) is 71.1 Å². The van der Waals surface area contributed by atoms with Crippen molar-refractivity contribution in [1.82, 2.24) is 0 Å². The molecule has 0 aromatic heterocycles. The van der Waals surface area contributed by atoms with Gasteiger partial charge in [0.1, 0.15) is 24.7 Å². The first-order valence-corrected chi connectivity index (χ1v) is 14.8. The van der Waals surface area contributed by atoms with Gasteiger partial charge in [0, 0.05) is 37.7 Å². The number of halogens is 1. The van der Waals surface area contributed by atoms with Crippen LogP contribution < -0.4 is 9.47 Å². The molecule has 0 heterocycles. The fourth-order valence-electron chi connectivity index (χ4n) is 4.89. The average Bonchev–Trinajstić information content (AvgIpc) is 3.05. The van der Waals surface area contributed by atoms with Crippen molar-refractivity contribution in [3.05, 3.63) is 144 Å². The first-order chi connectivity index (χ1) is 21.7. The zero-order chi connectivity index (χ0) is 31.9. The van der Waals surface area contributed by atoms with Crippen molar-refractivity contribution in [3.8, 4) is 11.5 Å². The van der Waals surface area contributed by atoms with Crippen LogP contribution in [0, 0.1) is 0 Å². The van der Waals surface area contributed by atoms with E-state index in [-0.39, 0.29) is 13.2 Å². The van der Waals surface area contributed by atoms with E-state index >= 15 is 0 Å². The third-order valence-corrected chi connectivity index (χ3v) is 7.42. The predicted octanol–water partition coefficient (Wildman–Crippen LogP) is 9.13. The quantitative estimate of drug-likeness (QED) is 0.0787.